The molecule has 2 rings (SSSR count). The van der Waals surface area contributed by atoms with Crippen molar-refractivity contribution < 1.29 is 14.7 Å². The van der Waals surface area contributed by atoms with E-state index in [4.69, 9.17) is 0 Å². The summed E-state index contributed by atoms with van der Waals surface area (Å²) in [4.78, 5) is 30.1. The van der Waals surface area contributed by atoms with E-state index in [2.05, 4.69) is 20.5 Å². The third-order valence-corrected chi connectivity index (χ3v) is 3.30. The number of thioether (sulfide) groups is 1. The van der Waals surface area contributed by atoms with Crippen molar-refractivity contribution in [2.75, 3.05) is 5.75 Å². The first kappa shape index (κ1) is 15.6. The van der Waals surface area contributed by atoms with Gasteiger partial charge in [0.05, 0.1) is 17.9 Å². The second kappa shape index (κ2) is 7.89. The zero-order valence-corrected chi connectivity index (χ0v) is 12.1. The van der Waals surface area contributed by atoms with E-state index >= 15 is 0 Å². The molecule has 0 unspecified atom stereocenters. The maximum absolute atomic E-state index is 11.6. The predicted octanol–water partition coefficient (Wildman–Crippen LogP) is 0.0825. The number of hydrogen-bond acceptors (Lipinski definition) is 7. The summed E-state index contributed by atoms with van der Waals surface area (Å²) in [6, 6.07) is 7.63. The minimum Gasteiger partial charge on any atom is -0.545 e. The lowest BCUT2D eigenvalue weighted by Crippen LogP contribution is -2.22. The first-order chi connectivity index (χ1) is 10.6. The highest BCUT2D eigenvalue weighted by molar-refractivity contribution is 7.99. The van der Waals surface area contributed by atoms with Crippen LogP contribution >= 0.6 is 11.8 Å². The number of benzene rings is 1. The van der Waals surface area contributed by atoms with Gasteiger partial charge in [-0.2, -0.15) is 5.10 Å². The van der Waals surface area contributed by atoms with Crippen molar-refractivity contribution in [3.8, 4) is 0 Å². The molecule has 0 aliphatic carbocycles. The molecule has 1 aromatic carbocycles. The van der Waals surface area contributed by atoms with E-state index in [1.54, 1.807) is 30.6 Å². The fraction of sp³-hybridized carbons (Fsp3) is 0.0714. The molecule has 0 fully saturated rings. The van der Waals surface area contributed by atoms with Crippen LogP contribution in [0.4, 0.5) is 0 Å². The lowest BCUT2D eigenvalue weighted by Gasteiger charge is -2.01. The number of carboxylic acid groups (broad SMARTS) is 1. The molecule has 1 aromatic heterocycles. The van der Waals surface area contributed by atoms with Gasteiger partial charge in [0.2, 0.25) is 0 Å². The zero-order chi connectivity index (χ0) is 15.8. The number of carbonyl (C=O) groups is 2. The van der Waals surface area contributed by atoms with Gasteiger partial charge in [0.1, 0.15) is 0 Å². The highest BCUT2D eigenvalue weighted by atomic mass is 32.2. The van der Waals surface area contributed by atoms with Crippen LogP contribution in [0.1, 0.15) is 15.9 Å². The van der Waals surface area contributed by atoms with Crippen LogP contribution in [0.5, 0.6) is 0 Å². The summed E-state index contributed by atoms with van der Waals surface area (Å²) in [7, 11) is 0. The topological polar surface area (TPSA) is 107 Å². The summed E-state index contributed by atoms with van der Waals surface area (Å²) in [5.41, 5.74) is 3.10. The SMILES string of the molecule is O=C(CSc1ncccn1)NN=Cc1ccc(C(=O)[O-])cc1. The average Bonchev–Trinajstić information content (AvgIpc) is 2.54. The van der Waals surface area contributed by atoms with Gasteiger partial charge in [-0.25, -0.2) is 15.4 Å². The lowest BCUT2D eigenvalue weighted by molar-refractivity contribution is -0.255. The van der Waals surface area contributed by atoms with Crippen LogP contribution < -0.4 is 10.5 Å². The van der Waals surface area contributed by atoms with Crippen LogP contribution in [-0.4, -0.2) is 33.8 Å². The normalized spacial score (nSPS) is 10.5. The van der Waals surface area contributed by atoms with Gasteiger partial charge in [0, 0.05) is 12.4 Å². The summed E-state index contributed by atoms with van der Waals surface area (Å²) >= 11 is 1.20. The lowest BCUT2D eigenvalue weighted by atomic mass is 10.1. The number of carboxylic acids is 1. The van der Waals surface area contributed by atoms with Crippen molar-refractivity contribution in [1.29, 1.82) is 0 Å². The second-order valence-corrected chi connectivity index (χ2v) is 4.97. The quantitative estimate of drug-likeness (QED) is 0.350. The van der Waals surface area contributed by atoms with Crippen molar-refractivity contribution in [1.82, 2.24) is 15.4 Å². The maximum Gasteiger partial charge on any atom is 0.250 e. The molecule has 1 amide bonds. The number of hydrogen-bond donors (Lipinski definition) is 1. The van der Waals surface area contributed by atoms with E-state index in [0.717, 1.165) is 0 Å². The van der Waals surface area contributed by atoms with E-state index in [9.17, 15) is 14.7 Å². The third-order valence-electron chi connectivity index (χ3n) is 2.42. The molecule has 22 heavy (non-hydrogen) atoms. The molecule has 0 atom stereocenters. The molecule has 0 aliphatic rings. The standard InChI is InChI=1S/C14H12N4O3S/c19-12(9-22-14-15-6-1-7-16-14)18-17-8-10-2-4-11(5-3-10)13(20)21/h1-8H,9H2,(H,18,19)(H,20,21)/p-1. The molecule has 1 heterocycles. The maximum atomic E-state index is 11.6. The van der Waals surface area contributed by atoms with Gasteiger partial charge >= 0.3 is 0 Å². The molecule has 0 saturated heterocycles. The molecule has 112 valence electrons. The third kappa shape index (κ3) is 4.98. The van der Waals surface area contributed by atoms with Crippen LogP contribution in [0, 0.1) is 0 Å². The molecule has 8 heteroatoms. The number of rotatable bonds is 6. The van der Waals surface area contributed by atoms with Crippen LogP contribution in [-0.2, 0) is 4.79 Å². The molecule has 1 N–H and O–H groups in total. The summed E-state index contributed by atoms with van der Waals surface area (Å²) in [6.45, 7) is 0. The monoisotopic (exact) mass is 315 g/mol. The Morgan fingerprint density at radius 3 is 2.55 bits per heavy atom. The first-order valence-electron chi connectivity index (χ1n) is 6.18. The van der Waals surface area contributed by atoms with Crippen molar-refractivity contribution >= 4 is 29.9 Å². The molecule has 0 aliphatic heterocycles. The Morgan fingerprint density at radius 2 is 1.91 bits per heavy atom. The van der Waals surface area contributed by atoms with E-state index in [0.29, 0.717) is 10.7 Å². The van der Waals surface area contributed by atoms with Crippen LogP contribution in [0.3, 0.4) is 0 Å². The number of carbonyl (C=O) groups excluding carboxylic acids is 2. The van der Waals surface area contributed by atoms with Gasteiger partial charge in [0.15, 0.2) is 5.16 Å². The Bertz CT molecular complexity index is 674. The predicted molar refractivity (Wildman–Crippen MR) is 79.3 cm³/mol. The Hall–Kier alpha value is -2.74. The fourth-order valence-corrected chi connectivity index (χ4v) is 2.00. The largest absolute Gasteiger partial charge is 0.545 e. The number of nitrogens with zero attached hydrogens (tertiary/aromatic N) is 3. The first-order valence-corrected chi connectivity index (χ1v) is 7.17. The summed E-state index contributed by atoms with van der Waals surface area (Å²) in [5, 5.41) is 14.9. The van der Waals surface area contributed by atoms with Crippen LogP contribution in [0.2, 0.25) is 0 Å². The molecular weight excluding hydrogens is 304 g/mol. The van der Waals surface area contributed by atoms with E-state index in [-0.39, 0.29) is 17.2 Å². The van der Waals surface area contributed by atoms with Gasteiger partial charge < -0.3 is 9.90 Å². The van der Waals surface area contributed by atoms with Crippen molar-refractivity contribution in [2.45, 2.75) is 5.16 Å². The molecule has 7 nitrogen and oxygen atoms in total. The van der Waals surface area contributed by atoms with E-state index < -0.39 is 5.97 Å². The summed E-state index contributed by atoms with van der Waals surface area (Å²) < 4.78 is 0. The van der Waals surface area contributed by atoms with E-state index in [1.807, 2.05) is 0 Å². The van der Waals surface area contributed by atoms with Crippen molar-refractivity contribution in [3.05, 3.63) is 53.9 Å². The molecular formula is C14H11N4O3S-. The van der Waals surface area contributed by atoms with Gasteiger partial charge in [0.25, 0.3) is 5.91 Å². The summed E-state index contributed by atoms with van der Waals surface area (Å²) in [6.07, 6.45) is 4.62. The number of aromatic nitrogens is 2. The van der Waals surface area contributed by atoms with Gasteiger partial charge in [-0.05, 0) is 17.2 Å². The van der Waals surface area contributed by atoms with E-state index in [1.165, 1.54) is 30.1 Å². The van der Waals surface area contributed by atoms with Crippen molar-refractivity contribution in [3.63, 3.8) is 0 Å². The highest BCUT2D eigenvalue weighted by Gasteiger charge is 2.02. The van der Waals surface area contributed by atoms with Gasteiger partial charge in [-0.15, -0.1) is 0 Å². The van der Waals surface area contributed by atoms with Gasteiger partial charge in [-0.1, -0.05) is 36.0 Å². The number of amides is 1. The van der Waals surface area contributed by atoms with Crippen LogP contribution in [0.25, 0.3) is 0 Å². The zero-order valence-electron chi connectivity index (χ0n) is 11.3. The fourth-order valence-electron chi connectivity index (χ4n) is 1.41. The minimum atomic E-state index is -1.24. The molecule has 0 spiro atoms. The Labute approximate surface area is 130 Å². The minimum absolute atomic E-state index is 0.0837. The highest BCUT2D eigenvalue weighted by Crippen LogP contribution is 2.09. The molecule has 0 saturated carbocycles. The number of nitrogens with one attached hydrogen (secondary N) is 1. The Balaban J connectivity index is 1.79. The Kier molecular flexibility index (Phi) is 5.61. The smallest absolute Gasteiger partial charge is 0.250 e. The van der Waals surface area contributed by atoms with Gasteiger partial charge in [-0.3, -0.25) is 4.79 Å². The average molecular weight is 315 g/mol. The second-order valence-electron chi connectivity index (χ2n) is 4.02. The Morgan fingerprint density at radius 1 is 1.23 bits per heavy atom. The molecule has 2 aromatic rings. The number of hydrazone groups is 1. The summed E-state index contributed by atoms with van der Waals surface area (Å²) in [5.74, 6) is -1.39. The van der Waals surface area contributed by atoms with Crippen molar-refractivity contribution in [2.24, 2.45) is 5.10 Å². The number of aromatic carboxylic acids is 1. The molecule has 0 bridgehead atoms. The van der Waals surface area contributed by atoms with Crippen LogP contribution in [0.15, 0.2) is 53.0 Å². The molecule has 0 radical (unpaired) electrons.